The highest BCUT2D eigenvalue weighted by Crippen LogP contribution is 2.43. The third kappa shape index (κ3) is 2.91. The highest BCUT2D eigenvalue weighted by atomic mass is 16.9. The highest BCUT2D eigenvalue weighted by molar-refractivity contribution is 5.20. The van der Waals surface area contributed by atoms with E-state index in [1.54, 1.807) is 0 Å². The van der Waals surface area contributed by atoms with Gasteiger partial charge in [0.15, 0.2) is 0 Å². The summed E-state index contributed by atoms with van der Waals surface area (Å²) in [4.78, 5) is 0. The minimum absolute atomic E-state index is 0.0749. The zero-order chi connectivity index (χ0) is 13.3. The maximum Gasteiger partial charge on any atom is 0.284 e. The second-order valence-electron chi connectivity index (χ2n) is 5.99. The zero-order valence-corrected chi connectivity index (χ0v) is 11.4. The van der Waals surface area contributed by atoms with E-state index in [-0.39, 0.29) is 11.5 Å². The topological polar surface area (TPSA) is 36.9 Å². The molecule has 0 aliphatic carbocycles. The molecule has 1 aromatic rings. The first-order chi connectivity index (χ1) is 9.07. The Hall–Kier alpha value is -1.10. The van der Waals surface area contributed by atoms with E-state index < -0.39 is 5.97 Å². The number of benzene rings is 1. The molecule has 0 amide bonds. The summed E-state index contributed by atoms with van der Waals surface area (Å²) >= 11 is 0. The fourth-order valence-electron chi connectivity index (χ4n) is 2.49. The summed E-state index contributed by atoms with van der Waals surface area (Å²) in [6, 6.07) is 9.73. The molecule has 0 saturated carbocycles. The van der Waals surface area contributed by atoms with Crippen molar-refractivity contribution in [2.75, 3.05) is 19.8 Å². The molecule has 2 fully saturated rings. The molecule has 4 nitrogen and oxygen atoms in total. The Morgan fingerprint density at radius 1 is 1.21 bits per heavy atom. The van der Waals surface area contributed by atoms with Crippen LogP contribution in [-0.2, 0) is 14.2 Å². The molecule has 1 aromatic carbocycles. The van der Waals surface area contributed by atoms with Crippen LogP contribution in [0, 0.1) is 5.41 Å². The minimum Gasteiger partial charge on any atom is -0.491 e. The minimum atomic E-state index is -0.839. The molecule has 0 aromatic heterocycles. The van der Waals surface area contributed by atoms with Crippen molar-refractivity contribution in [2.24, 2.45) is 5.41 Å². The van der Waals surface area contributed by atoms with Crippen molar-refractivity contribution in [1.82, 2.24) is 0 Å². The molecule has 2 saturated heterocycles. The van der Waals surface area contributed by atoms with Crippen LogP contribution in [-0.4, -0.2) is 31.9 Å². The van der Waals surface area contributed by atoms with Gasteiger partial charge in [-0.2, -0.15) is 0 Å². The lowest BCUT2D eigenvalue weighted by Crippen LogP contribution is -2.31. The smallest absolute Gasteiger partial charge is 0.284 e. The van der Waals surface area contributed by atoms with Crippen molar-refractivity contribution in [3.8, 4) is 5.75 Å². The molecule has 0 N–H and O–H groups in total. The third-order valence-corrected chi connectivity index (χ3v) is 3.39. The molecule has 0 radical (unpaired) electrons. The maximum atomic E-state index is 5.90. The van der Waals surface area contributed by atoms with Crippen LogP contribution in [0.4, 0.5) is 0 Å². The predicted octanol–water partition coefficient (Wildman–Crippen LogP) is 2.58. The van der Waals surface area contributed by atoms with Gasteiger partial charge in [0.2, 0.25) is 0 Å². The Labute approximate surface area is 113 Å². The monoisotopic (exact) mass is 264 g/mol. The van der Waals surface area contributed by atoms with E-state index in [1.807, 2.05) is 30.3 Å². The zero-order valence-electron chi connectivity index (χ0n) is 11.4. The standard InChI is InChI=1S/C15H20O4/c1-14(2)10-15(18-11-14)17-9-13(19-15)8-16-12-6-4-3-5-7-12/h3-7,13H,8-11H2,1-2H3. The number of hydrogen-bond acceptors (Lipinski definition) is 4. The van der Waals surface area contributed by atoms with Crippen molar-refractivity contribution in [2.45, 2.75) is 32.3 Å². The van der Waals surface area contributed by atoms with Gasteiger partial charge in [-0.05, 0) is 17.5 Å². The Morgan fingerprint density at radius 2 is 2.00 bits per heavy atom. The summed E-state index contributed by atoms with van der Waals surface area (Å²) in [6.07, 6.45) is 0.691. The average Bonchev–Trinajstić information content (AvgIpc) is 2.92. The largest absolute Gasteiger partial charge is 0.491 e. The van der Waals surface area contributed by atoms with E-state index in [0.29, 0.717) is 19.8 Å². The van der Waals surface area contributed by atoms with Crippen LogP contribution in [0.15, 0.2) is 30.3 Å². The molecule has 3 rings (SSSR count). The lowest BCUT2D eigenvalue weighted by atomic mass is 9.92. The van der Waals surface area contributed by atoms with Crippen LogP contribution in [0.25, 0.3) is 0 Å². The fraction of sp³-hybridized carbons (Fsp3) is 0.600. The van der Waals surface area contributed by atoms with E-state index in [2.05, 4.69) is 13.8 Å². The maximum absolute atomic E-state index is 5.90. The number of rotatable bonds is 3. The van der Waals surface area contributed by atoms with E-state index in [4.69, 9.17) is 18.9 Å². The van der Waals surface area contributed by atoms with Crippen molar-refractivity contribution >= 4 is 0 Å². The SMILES string of the molecule is CC1(C)COC2(C1)OCC(COc1ccccc1)O2. The van der Waals surface area contributed by atoms with Crippen LogP contribution in [0.2, 0.25) is 0 Å². The summed E-state index contributed by atoms with van der Waals surface area (Å²) in [5.41, 5.74) is 0.106. The molecule has 2 aliphatic heterocycles. The van der Waals surface area contributed by atoms with Crippen molar-refractivity contribution < 1.29 is 18.9 Å². The number of ether oxygens (including phenoxy) is 4. The van der Waals surface area contributed by atoms with Crippen LogP contribution >= 0.6 is 0 Å². The lowest BCUT2D eigenvalue weighted by Gasteiger charge is -2.22. The normalized spacial score (nSPS) is 32.8. The van der Waals surface area contributed by atoms with Gasteiger partial charge in [-0.1, -0.05) is 32.0 Å². The van der Waals surface area contributed by atoms with Crippen LogP contribution in [0.1, 0.15) is 20.3 Å². The molecule has 4 heteroatoms. The van der Waals surface area contributed by atoms with Gasteiger partial charge in [-0.25, -0.2) is 0 Å². The molecule has 19 heavy (non-hydrogen) atoms. The fourth-order valence-corrected chi connectivity index (χ4v) is 2.49. The lowest BCUT2D eigenvalue weighted by molar-refractivity contribution is -0.314. The van der Waals surface area contributed by atoms with E-state index in [0.717, 1.165) is 12.2 Å². The Morgan fingerprint density at radius 3 is 2.68 bits per heavy atom. The van der Waals surface area contributed by atoms with Crippen molar-refractivity contribution in [3.05, 3.63) is 30.3 Å². The Balaban J connectivity index is 1.53. The van der Waals surface area contributed by atoms with Crippen molar-refractivity contribution in [3.63, 3.8) is 0 Å². The average molecular weight is 264 g/mol. The van der Waals surface area contributed by atoms with Crippen LogP contribution in [0.3, 0.4) is 0 Å². The summed E-state index contributed by atoms with van der Waals surface area (Å²) < 4.78 is 23.0. The molecular formula is C15H20O4. The molecule has 0 bridgehead atoms. The van der Waals surface area contributed by atoms with Gasteiger partial charge < -0.3 is 18.9 Å². The van der Waals surface area contributed by atoms with Gasteiger partial charge in [-0.15, -0.1) is 0 Å². The summed E-state index contributed by atoms with van der Waals surface area (Å²) in [6.45, 7) is 5.97. The van der Waals surface area contributed by atoms with Gasteiger partial charge in [0.25, 0.3) is 5.97 Å². The molecule has 104 valence electrons. The van der Waals surface area contributed by atoms with Crippen molar-refractivity contribution in [1.29, 1.82) is 0 Å². The van der Waals surface area contributed by atoms with Crippen LogP contribution < -0.4 is 4.74 Å². The number of para-hydroxylation sites is 1. The first-order valence-electron chi connectivity index (χ1n) is 6.71. The Bertz CT molecular complexity index is 431. The first-order valence-corrected chi connectivity index (χ1v) is 6.71. The van der Waals surface area contributed by atoms with Gasteiger partial charge in [0.05, 0.1) is 13.2 Å². The molecule has 2 aliphatic rings. The highest BCUT2D eigenvalue weighted by Gasteiger charge is 2.52. The second kappa shape index (κ2) is 4.78. The quantitative estimate of drug-likeness (QED) is 0.841. The third-order valence-electron chi connectivity index (χ3n) is 3.39. The predicted molar refractivity (Wildman–Crippen MR) is 69.8 cm³/mol. The van der Waals surface area contributed by atoms with Crippen LogP contribution in [0.5, 0.6) is 5.75 Å². The summed E-state index contributed by atoms with van der Waals surface area (Å²) in [5, 5.41) is 0. The number of hydrogen-bond donors (Lipinski definition) is 0. The van der Waals surface area contributed by atoms with E-state index >= 15 is 0 Å². The molecule has 2 atom stereocenters. The van der Waals surface area contributed by atoms with Gasteiger partial charge in [0, 0.05) is 6.42 Å². The van der Waals surface area contributed by atoms with E-state index in [1.165, 1.54) is 0 Å². The van der Waals surface area contributed by atoms with Gasteiger partial charge in [0.1, 0.15) is 18.5 Å². The summed E-state index contributed by atoms with van der Waals surface area (Å²) in [7, 11) is 0. The molecule has 1 spiro atoms. The molecule has 2 heterocycles. The second-order valence-corrected chi connectivity index (χ2v) is 5.99. The first kappa shape index (κ1) is 12.9. The summed E-state index contributed by atoms with van der Waals surface area (Å²) in [5.74, 6) is 0.00789. The molecule has 2 unspecified atom stereocenters. The van der Waals surface area contributed by atoms with Gasteiger partial charge >= 0.3 is 0 Å². The van der Waals surface area contributed by atoms with E-state index in [9.17, 15) is 0 Å². The Kier molecular flexibility index (Phi) is 3.25. The molecular weight excluding hydrogens is 244 g/mol. The van der Waals surface area contributed by atoms with Gasteiger partial charge in [-0.3, -0.25) is 0 Å².